The summed E-state index contributed by atoms with van der Waals surface area (Å²) in [6.45, 7) is 3.30. The number of benzene rings is 1. The van der Waals surface area contributed by atoms with Crippen LogP contribution in [0, 0.1) is 6.92 Å². The standard InChI is InChI=1S/C11H13NO3/c1-7-4-3-5-9(6-7)10(13)12-8(2)11(14)15/h3-6,8H,1-2H3,(H,12,13)(H,14,15). The summed E-state index contributed by atoms with van der Waals surface area (Å²) in [5, 5.41) is 11.0. The molecule has 1 unspecified atom stereocenters. The lowest BCUT2D eigenvalue weighted by molar-refractivity contribution is -0.138. The SMILES string of the molecule is Cc1cccc(C(=O)NC(C)C(=O)O)c1. The summed E-state index contributed by atoms with van der Waals surface area (Å²) in [6, 6.07) is 6.12. The van der Waals surface area contributed by atoms with Crippen molar-refractivity contribution in [1.82, 2.24) is 5.32 Å². The van der Waals surface area contributed by atoms with Crippen LogP contribution < -0.4 is 5.32 Å². The molecular formula is C11H13NO3. The third-order valence-corrected chi connectivity index (χ3v) is 2.00. The zero-order valence-corrected chi connectivity index (χ0v) is 8.65. The zero-order valence-electron chi connectivity index (χ0n) is 8.65. The molecule has 0 bridgehead atoms. The van der Waals surface area contributed by atoms with Crippen LogP contribution in [0.15, 0.2) is 24.3 Å². The molecule has 1 atom stereocenters. The van der Waals surface area contributed by atoms with E-state index in [4.69, 9.17) is 5.11 Å². The van der Waals surface area contributed by atoms with Crippen molar-refractivity contribution >= 4 is 11.9 Å². The van der Waals surface area contributed by atoms with Crippen LogP contribution >= 0.6 is 0 Å². The number of aryl methyl sites for hydroxylation is 1. The van der Waals surface area contributed by atoms with E-state index in [1.165, 1.54) is 6.92 Å². The van der Waals surface area contributed by atoms with Crippen molar-refractivity contribution in [2.45, 2.75) is 19.9 Å². The number of aliphatic carboxylic acids is 1. The third-order valence-electron chi connectivity index (χ3n) is 2.00. The molecule has 4 nitrogen and oxygen atoms in total. The molecule has 1 aromatic carbocycles. The van der Waals surface area contributed by atoms with E-state index in [-0.39, 0.29) is 5.91 Å². The largest absolute Gasteiger partial charge is 0.480 e. The predicted octanol–water partition coefficient (Wildman–Crippen LogP) is 1.20. The molecule has 1 rings (SSSR count). The Labute approximate surface area is 87.9 Å². The molecule has 0 saturated carbocycles. The number of hydrogen-bond acceptors (Lipinski definition) is 2. The van der Waals surface area contributed by atoms with E-state index in [0.717, 1.165) is 5.56 Å². The molecule has 1 aromatic rings. The smallest absolute Gasteiger partial charge is 0.325 e. The molecule has 0 saturated heterocycles. The summed E-state index contributed by atoms with van der Waals surface area (Å²) in [7, 11) is 0. The van der Waals surface area contributed by atoms with Gasteiger partial charge in [0.25, 0.3) is 5.91 Å². The van der Waals surface area contributed by atoms with Gasteiger partial charge in [-0.2, -0.15) is 0 Å². The molecule has 0 radical (unpaired) electrons. The van der Waals surface area contributed by atoms with Gasteiger partial charge in [-0.25, -0.2) is 0 Å². The highest BCUT2D eigenvalue weighted by atomic mass is 16.4. The van der Waals surface area contributed by atoms with E-state index in [1.807, 2.05) is 13.0 Å². The van der Waals surface area contributed by atoms with Crippen molar-refractivity contribution in [3.63, 3.8) is 0 Å². The lowest BCUT2D eigenvalue weighted by atomic mass is 10.1. The topological polar surface area (TPSA) is 66.4 Å². The van der Waals surface area contributed by atoms with E-state index in [9.17, 15) is 9.59 Å². The first-order valence-corrected chi connectivity index (χ1v) is 4.61. The number of hydrogen-bond donors (Lipinski definition) is 2. The maximum absolute atomic E-state index is 11.5. The van der Waals surface area contributed by atoms with Crippen molar-refractivity contribution in [2.75, 3.05) is 0 Å². The van der Waals surface area contributed by atoms with Gasteiger partial charge < -0.3 is 10.4 Å². The fraction of sp³-hybridized carbons (Fsp3) is 0.273. The molecule has 1 amide bonds. The Hall–Kier alpha value is -1.84. The summed E-state index contributed by atoms with van der Waals surface area (Å²) in [5.41, 5.74) is 1.44. The van der Waals surface area contributed by atoms with Crippen molar-refractivity contribution in [3.05, 3.63) is 35.4 Å². The molecule has 0 aliphatic rings. The molecule has 0 aliphatic carbocycles. The maximum atomic E-state index is 11.5. The molecule has 4 heteroatoms. The Morgan fingerprint density at radius 1 is 1.40 bits per heavy atom. The lowest BCUT2D eigenvalue weighted by Gasteiger charge is -2.09. The summed E-state index contributed by atoms with van der Waals surface area (Å²) in [5.74, 6) is -1.41. The van der Waals surface area contributed by atoms with Gasteiger partial charge in [0.2, 0.25) is 0 Å². The van der Waals surface area contributed by atoms with Gasteiger partial charge in [-0.05, 0) is 26.0 Å². The van der Waals surface area contributed by atoms with Crippen molar-refractivity contribution < 1.29 is 14.7 Å². The molecule has 2 N–H and O–H groups in total. The number of amides is 1. The van der Waals surface area contributed by atoms with Crippen molar-refractivity contribution in [3.8, 4) is 0 Å². The van der Waals surface area contributed by atoms with E-state index in [1.54, 1.807) is 18.2 Å². The van der Waals surface area contributed by atoms with Crippen LogP contribution in [0.3, 0.4) is 0 Å². The van der Waals surface area contributed by atoms with Gasteiger partial charge >= 0.3 is 5.97 Å². The Balaban J connectivity index is 2.73. The maximum Gasteiger partial charge on any atom is 0.325 e. The first kappa shape index (κ1) is 11.2. The summed E-state index contributed by atoms with van der Waals surface area (Å²) < 4.78 is 0. The van der Waals surface area contributed by atoms with Gasteiger partial charge in [0, 0.05) is 5.56 Å². The van der Waals surface area contributed by atoms with Crippen molar-refractivity contribution in [2.24, 2.45) is 0 Å². The number of rotatable bonds is 3. The van der Waals surface area contributed by atoms with Gasteiger partial charge in [0.05, 0.1) is 0 Å². The van der Waals surface area contributed by atoms with Crippen LogP contribution in [-0.2, 0) is 4.79 Å². The van der Waals surface area contributed by atoms with E-state index in [0.29, 0.717) is 5.56 Å². The summed E-state index contributed by atoms with van der Waals surface area (Å²) in [4.78, 5) is 22.1. The number of carbonyl (C=O) groups is 2. The fourth-order valence-corrected chi connectivity index (χ4v) is 1.13. The molecule has 15 heavy (non-hydrogen) atoms. The number of nitrogens with one attached hydrogen (secondary N) is 1. The van der Waals surface area contributed by atoms with Crippen LogP contribution in [0.5, 0.6) is 0 Å². The minimum atomic E-state index is -1.05. The second-order valence-electron chi connectivity index (χ2n) is 3.40. The van der Waals surface area contributed by atoms with Gasteiger partial charge in [0.15, 0.2) is 0 Å². The molecule has 0 fully saturated rings. The van der Waals surface area contributed by atoms with Crippen LogP contribution in [0.1, 0.15) is 22.8 Å². The first-order chi connectivity index (χ1) is 7.00. The van der Waals surface area contributed by atoms with Gasteiger partial charge in [-0.1, -0.05) is 17.7 Å². The number of carboxylic acids is 1. The molecular weight excluding hydrogens is 194 g/mol. The highest BCUT2D eigenvalue weighted by molar-refractivity contribution is 5.96. The molecule has 0 aliphatic heterocycles. The Morgan fingerprint density at radius 2 is 2.07 bits per heavy atom. The number of carbonyl (C=O) groups excluding carboxylic acids is 1. The predicted molar refractivity (Wildman–Crippen MR) is 55.7 cm³/mol. The highest BCUT2D eigenvalue weighted by Gasteiger charge is 2.14. The van der Waals surface area contributed by atoms with E-state index < -0.39 is 12.0 Å². The van der Waals surface area contributed by atoms with Crippen LogP contribution in [-0.4, -0.2) is 23.0 Å². The average Bonchev–Trinajstić information content (AvgIpc) is 2.17. The van der Waals surface area contributed by atoms with Crippen LogP contribution in [0.4, 0.5) is 0 Å². The second-order valence-corrected chi connectivity index (χ2v) is 3.40. The zero-order chi connectivity index (χ0) is 11.4. The Kier molecular flexibility index (Phi) is 3.44. The average molecular weight is 207 g/mol. The van der Waals surface area contributed by atoms with Crippen molar-refractivity contribution in [1.29, 1.82) is 0 Å². The Morgan fingerprint density at radius 3 is 2.60 bits per heavy atom. The van der Waals surface area contributed by atoms with Crippen LogP contribution in [0.25, 0.3) is 0 Å². The van der Waals surface area contributed by atoms with Gasteiger partial charge in [-0.15, -0.1) is 0 Å². The molecule has 80 valence electrons. The normalized spacial score (nSPS) is 11.9. The van der Waals surface area contributed by atoms with E-state index >= 15 is 0 Å². The molecule has 0 aromatic heterocycles. The lowest BCUT2D eigenvalue weighted by Crippen LogP contribution is -2.38. The number of carboxylic acid groups (broad SMARTS) is 1. The fourth-order valence-electron chi connectivity index (χ4n) is 1.13. The minimum Gasteiger partial charge on any atom is -0.480 e. The Bertz CT molecular complexity index is 387. The minimum absolute atomic E-state index is 0.367. The van der Waals surface area contributed by atoms with Gasteiger partial charge in [-0.3, -0.25) is 9.59 Å². The van der Waals surface area contributed by atoms with Gasteiger partial charge in [0.1, 0.15) is 6.04 Å². The molecule has 0 heterocycles. The highest BCUT2D eigenvalue weighted by Crippen LogP contribution is 2.03. The first-order valence-electron chi connectivity index (χ1n) is 4.61. The molecule has 0 spiro atoms. The second kappa shape index (κ2) is 4.59. The monoisotopic (exact) mass is 207 g/mol. The summed E-state index contributed by atoms with van der Waals surface area (Å²) >= 11 is 0. The summed E-state index contributed by atoms with van der Waals surface area (Å²) in [6.07, 6.45) is 0. The third kappa shape index (κ3) is 3.09. The van der Waals surface area contributed by atoms with E-state index in [2.05, 4.69) is 5.32 Å². The quantitative estimate of drug-likeness (QED) is 0.782. The van der Waals surface area contributed by atoms with Crippen LogP contribution in [0.2, 0.25) is 0 Å².